The molecular weight excluding hydrogens is 307 g/mol. The maximum absolute atomic E-state index is 13.3. The summed E-state index contributed by atoms with van der Waals surface area (Å²) in [5, 5.41) is 6.78. The number of aromatic nitrogens is 3. The molecule has 0 amide bonds. The van der Waals surface area contributed by atoms with Gasteiger partial charge in [-0.05, 0) is 19.1 Å². The molecule has 2 aromatic rings. The van der Waals surface area contributed by atoms with Crippen molar-refractivity contribution in [2.45, 2.75) is 17.7 Å². The van der Waals surface area contributed by atoms with Crippen molar-refractivity contribution in [2.24, 2.45) is 5.92 Å². The maximum Gasteiger partial charge on any atom is 0.243 e. The summed E-state index contributed by atoms with van der Waals surface area (Å²) < 4.78 is 39.9. The van der Waals surface area contributed by atoms with E-state index in [9.17, 15) is 12.8 Å². The first-order valence-corrected chi connectivity index (χ1v) is 8.46. The maximum atomic E-state index is 13.3. The van der Waals surface area contributed by atoms with Crippen molar-refractivity contribution in [3.8, 4) is 0 Å². The van der Waals surface area contributed by atoms with Gasteiger partial charge < -0.3 is 0 Å². The van der Waals surface area contributed by atoms with Crippen LogP contribution in [0, 0.1) is 12.8 Å². The summed E-state index contributed by atoms with van der Waals surface area (Å²) >= 11 is 0. The first-order valence-electron chi connectivity index (χ1n) is 7.02. The number of benzene rings is 1. The van der Waals surface area contributed by atoms with Crippen LogP contribution in [0.5, 0.6) is 0 Å². The van der Waals surface area contributed by atoms with Crippen molar-refractivity contribution < 1.29 is 12.8 Å². The summed E-state index contributed by atoms with van der Waals surface area (Å²) in [6, 6.07) is 8.19. The number of nitrogens with one attached hydrogen (secondary N) is 1. The second-order valence-corrected chi connectivity index (χ2v) is 7.37. The Hall–Kier alpha value is -1.80. The van der Waals surface area contributed by atoms with Crippen LogP contribution in [0.25, 0.3) is 0 Å². The quantitative estimate of drug-likeness (QED) is 0.924. The molecule has 22 heavy (non-hydrogen) atoms. The van der Waals surface area contributed by atoms with E-state index < -0.39 is 22.6 Å². The standard InChI is InChI=1S/C14H17FN4O2S/c1-10-16-14(18-17-10)13-9-19(8-11(13)7-15)22(20,21)12-5-3-2-4-6-12/h2-6,11,13H,7-9H2,1H3,(H,16,17,18)/t11-,13-/m1/s1. The molecule has 3 rings (SSSR count). The Morgan fingerprint density at radius 2 is 2.05 bits per heavy atom. The van der Waals surface area contributed by atoms with E-state index in [1.54, 1.807) is 37.3 Å². The molecular formula is C14H17FN4O2S. The SMILES string of the molecule is Cc1nc([C@@H]2CN(S(=O)(=O)c3ccccc3)C[C@H]2CF)n[nH]1. The highest BCUT2D eigenvalue weighted by Gasteiger charge is 2.41. The number of hydrogen-bond acceptors (Lipinski definition) is 4. The smallest absolute Gasteiger partial charge is 0.243 e. The van der Waals surface area contributed by atoms with Crippen LogP contribution >= 0.6 is 0 Å². The lowest BCUT2D eigenvalue weighted by atomic mass is 9.97. The first kappa shape index (κ1) is 15.1. The van der Waals surface area contributed by atoms with Crippen molar-refractivity contribution >= 4 is 10.0 Å². The summed E-state index contributed by atoms with van der Waals surface area (Å²) in [4.78, 5) is 4.45. The zero-order valence-electron chi connectivity index (χ0n) is 12.1. The van der Waals surface area contributed by atoms with E-state index in [0.717, 1.165) is 0 Å². The van der Waals surface area contributed by atoms with Gasteiger partial charge in [-0.2, -0.15) is 9.40 Å². The fourth-order valence-electron chi connectivity index (χ4n) is 2.74. The van der Waals surface area contributed by atoms with Gasteiger partial charge >= 0.3 is 0 Å². The molecule has 0 aliphatic carbocycles. The summed E-state index contributed by atoms with van der Waals surface area (Å²) in [7, 11) is -3.61. The summed E-state index contributed by atoms with van der Waals surface area (Å²) in [6.45, 7) is 1.50. The van der Waals surface area contributed by atoms with E-state index in [2.05, 4.69) is 15.2 Å². The first-order chi connectivity index (χ1) is 10.5. The average molecular weight is 324 g/mol. The molecule has 0 spiro atoms. The van der Waals surface area contributed by atoms with Crippen LogP contribution in [-0.4, -0.2) is 47.7 Å². The number of alkyl halides is 1. The minimum atomic E-state index is -3.61. The van der Waals surface area contributed by atoms with Crippen LogP contribution in [-0.2, 0) is 10.0 Å². The number of aryl methyl sites for hydroxylation is 1. The molecule has 1 aliphatic heterocycles. The van der Waals surface area contributed by atoms with Crippen molar-refractivity contribution in [1.29, 1.82) is 0 Å². The predicted molar refractivity (Wildman–Crippen MR) is 78.5 cm³/mol. The Morgan fingerprint density at radius 1 is 1.32 bits per heavy atom. The van der Waals surface area contributed by atoms with Crippen LogP contribution < -0.4 is 0 Å². The molecule has 118 valence electrons. The Morgan fingerprint density at radius 3 is 2.64 bits per heavy atom. The van der Waals surface area contributed by atoms with Gasteiger partial charge in [0.1, 0.15) is 5.82 Å². The number of nitrogens with zero attached hydrogens (tertiary/aromatic N) is 3. The molecule has 0 bridgehead atoms. The van der Waals surface area contributed by atoms with E-state index >= 15 is 0 Å². The van der Waals surface area contributed by atoms with Crippen LogP contribution in [0.15, 0.2) is 35.2 Å². The van der Waals surface area contributed by atoms with Gasteiger partial charge in [0.25, 0.3) is 0 Å². The Balaban J connectivity index is 1.88. The van der Waals surface area contributed by atoms with Crippen LogP contribution in [0.2, 0.25) is 0 Å². The van der Waals surface area contributed by atoms with Gasteiger partial charge in [-0.15, -0.1) is 0 Å². The van der Waals surface area contributed by atoms with Crippen molar-refractivity contribution in [3.05, 3.63) is 42.0 Å². The molecule has 0 radical (unpaired) electrons. The number of sulfonamides is 1. The fraction of sp³-hybridized carbons (Fsp3) is 0.429. The van der Waals surface area contributed by atoms with Gasteiger partial charge in [0, 0.05) is 24.9 Å². The lowest BCUT2D eigenvalue weighted by molar-refractivity contribution is 0.346. The molecule has 1 aromatic heterocycles. The molecule has 0 saturated carbocycles. The highest BCUT2D eigenvalue weighted by Crippen LogP contribution is 2.34. The second-order valence-electron chi connectivity index (χ2n) is 5.43. The van der Waals surface area contributed by atoms with E-state index in [-0.39, 0.29) is 23.9 Å². The molecule has 0 unspecified atom stereocenters. The zero-order valence-corrected chi connectivity index (χ0v) is 12.9. The van der Waals surface area contributed by atoms with Gasteiger partial charge in [0.2, 0.25) is 10.0 Å². The summed E-state index contributed by atoms with van der Waals surface area (Å²) in [5.41, 5.74) is 0. The van der Waals surface area contributed by atoms with Crippen LogP contribution in [0.3, 0.4) is 0 Å². The zero-order chi connectivity index (χ0) is 15.7. The molecule has 6 nitrogen and oxygen atoms in total. The Labute approximate surface area is 128 Å². The molecule has 1 N–H and O–H groups in total. The van der Waals surface area contributed by atoms with Crippen LogP contribution in [0.1, 0.15) is 17.6 Å². The highest BCUT2D eigenvalue weighted by atomic mass is 32.2. The Bertz CT molecular complexity index is 747. The number of rotatable bonds is 4. The number of hydrogen-bond donors (Lipinski definition) is 1. The molecule has 1 aliphatic rings. The van der Waals surface area contributed by atoms with E-state index in [1.165, 1.54) is 4.31 Å². The predicted octanol–water partition coefficient (Wildman–Crippen LogP) is 1.49. The third-order valence-corrected chi connectivity index (χ3v) is 5.78. The Kier molecular flexibility index (Phi) is 3.96. The fourth-order valence-corrected chi connectivity index (χ4v) is 4.29. The normalized spacial score (nSPS) is 23.0. The second kappa shape index (κ2) is 5.77. The molecule has 2 heterocycles. The van der Waals surface area contributed by atoms with Gasteiger partial charge in [0.15, 0.2) is 5.82 Å². The third-order valence-electron chi connectivity index (χ3n) is 3.93. The van der Waals surface area contributed by atoms with Crippen molar-refractivity contribution in [1.82, 2.24) is 19.5 Å². The van der Waals surface area contributed by atoms with Crippen LogP contribution in [0.4, 0.5) is 4.39 Å². The lowest BCUT2D eigenvalue weighted by Crippen LogP contribution is -2.29. The van der Waals surface area contributed by atoms with Crippen molar-refractivity contribution in [2.75, 3.05) is 19.8 Å². The largest absolute Gasteiger partial charge is 0.263 e. The van der Waals surface area contributed by atoms with Gasteiger partial charge in [-0.25, -0.2) is 13.4 Å². The van der Waals surface area contributed by atoms with E-state index in [1.807, 2.05) is 0 Å². The molecule has 1 saturated heterocycles. The lowest BCUT2D eigenvalue weighted by Gasteiger charge is -2.16. The molecule has 1 fully saturated rings. The number of aromatic amines is 1. The minimum Gasteiger partial charge on any atom is -0.263 e. The molecule has 1 aromatic carbocycles. The van der Waals surface area contributed by atoms with E-state index in [0.29, 0.717) is 11.6 Å². The van der Waals surface area contributed by atoms with E-state index in [4.69, 9.17) is 0 Å². The topological polar surface area (TPSA) is 79.0 Å². The summed E-state index contributed by atoms with van der Waals surface area (Å²) in [6.07, 6.45) is 0. The van der Waals surface area contributed by atoms with Gasteiger partial charge in [0.05, 0.1) is 11.6 Å². The monoisotopic (exact) mass is 324 g/mol. The number of H-pyrrole nitrogens is 1. The minimum absolute atomic E-state index is 0.145. The summed E-state index contributed by atoms with van der Waals surface area (Å²) in [5.74, 6) is 0.366. The molecule has 8 heteroatoms. The van der Waals surface area contributed by atoms with Crippen molar-refractivity contribution in [3.63, 3.8) is 0 Å². The third kappa shape index (κ3) is 2.64. The van der Waals surface area contributed by atoms with Gasteiger partial charge in [-0.3, -0.25) is 9.49 Å². The highest BCUT2D eigenvalue weighted by molar-refractivity contribution is 7.89. The van der Waals surface area contributed by atoms with Gasteiger partial charge in [-0.1, -0.05) is 18.2 Å². The number of halogens is 1. The average Bonchev–Trinajstić information content (AvgIpc) is 3.14. The molecule has 2 atom stereocenters.